The Bertz CT molecular complexity index is 793. The molecular weight excluding hydrogens is 310 g/mol. The molecule has 1 aliphatic rings. The first kappa shape index (κ1) is 15.2. The number of halogens is 4. The number of alkyl halides is 3. The second kappa shape index (κ2) is 5.47. The summed E-state index contributed by atoms with van der Waals surface area (Å²) in [6, 6.07) is 7.40. The number of fused-ring (bicyclic) bond motifs is 1. The molecule has 118 valence electrons. The average Bonchev–Trinajstić information content (AvgIpc) is 2.93. The van der Waals surface area contributed by atoms with Gasteiger partial charge in [-0.1, -0.05) is 12.1 Å². The highest BCUT2D eigenvalue weighted by molar-refractivity contribution is 5.67. The van der Waals surface area contributed by atoms with Gasteiger partial charge >= 0.3 is 6.18 Å². The molecule has 0 saturated carbocycles. The Morgan fingerprint density at radius 3 is 2.61 bits per heavy atom. The predicted molar refractivity (Wildman–Crippen MR) is 76.0 cm³/mol. The highest BCUT2D eigenvalue weighted by atomic mass is 19.4. The van der Waals surface area contributed by atoms with Crippen molar-refractivity contribution in [3.05, 3.63) is 58.9 Å². The average molecular weight is 321 g/mol. The zero-order chi connectivity index (χ0) is 16.6. The van der Waals surface area contributed by atoms with Crippen molar-refractivity contribution in [2.75, 3.05) is 5.32 Å². The Morgan fingerprint density at radius 1 is 1.13 bits per heavy atom. The van der Waals surface area contributed by atoms with Crippen molar-refractivity contribution in [1.29, 1.82) is 5.26 Å². The lowest BCUT2D eigenvalue weighted by Crippen LogP contribution is -2.08. The first-order valence-electron chi connectivity index (χ1n) is 6.77. The topological polar surface area (TPSA) is 39.1 Å². The summed E-state index contributed by atoms with van der Waals surface area (Å²) >= 11 is 0. The molecule has 3 rings (SSSR count). The van der Waals surface area contributed by atoms with Gasteiger partial charge in [-0.3, -0.25) is 0 Å². The molecule has 3 nitrogen and oxygen atoms in total. The molecule has 0 spiro atoms. The van der Waals surface area contributed by atoms with Crippen molar-refractivity contribution in [2.24, 2.45) is 0 Å². The van der Waals surface area contributed by atoms with Crippen molar-refractivity contribution >= 4 is 11.4 Å². The zero-order valence-electron chi connectivity index (χ0n) is 11.8. The Balaban J connectivity index is 1.96. The Labute approximate surface area is 129 Å². The summed E-state index contributed by atoms with van der Waals surface area (Å²) in [6.45, 7) is 0.592. The van der Waals surface area contributed by atoms with Crippen molar-refractivity contribution in [3.63, 3.8) is 0 Å². The Hall–Kier alpha value is -2.75. The van der Waals surface area contributed by atoms with Crippen molar-refractivity contribution in [1.82, 2.24) is 4.90 Å². The van der Waals surface area contributed by atoms with E-state index in [-0.39, 0.29) is 17.9 Å². The first-order valence-corrected chi connectivity index (χ1v) is 6.77. The number of anilines is 2. The number of nitriles is 1. The van der Waals surface area contributed by atoms with E-state index in [9.17, 15) is 17.6 Å². The second-order valence-electron chi connectivity index (χ2n) is 5.22. The quantitative estimate of drug-likeness (QED) is 0.659. The van der Waals surface area contributed by atoms with Crippen LogP contribution in [0.5, 0.6) is 0 Å². The summed E-state index contributed by atoms with van der Waals surface area (Å²) in [5.41, 5.74) is 0.808. The molecule has 0 aromatic heterocycles. The number of nitrogens with zero attached hydrogens (tertiary/aromatic N) is 2. The summed E-state index contributed by atoms with van der Waals surface area (Å²) in [5, 5.41) is 11.7. The van der Waals surface area contributed by atoms with E-state index in [0.717, 1.165) is 17.7 Å². The predicted octanol–water partition coefficient (Wildman–Crippen LogP) is 4.38. The smallest absolute Gasteiger partial charge is 0.353 e. The van der Waals surface area contributed by atoms with Crippen molar-refractivity contribution in [2.45, 2.75) is 19.3 Å². The molecule has 23 heavy (non-hydrogen) atoms. The zero-order valence-corrected chi connectivity index (χ0v) is 11.8. The lowest BCUT2D eigenvalue weighted by atomic mass is 10.1. The molecule has 2 aromatic carbocycles. The molecule has 7 heteroatoms. The normalized spacial score (nSPS) is 13.6. The summed E-state index contributed by atoms with van der Waals surface area (Å²) in [4.78, 5) is 1.45. The van der Waals surface area contributed by atoms with Gasteiger partial charge in [-0.05, 0) is 29.8 Å². The van der Waals surface area contributed by atoms with E-state index >= 15 is 0 Å². The van der Waals surface area contributed by atoms with Gasteiger partial charge in [0.1, 0.15) is 5.82 Å². The van der Waals surface area contributed by atoms with E-state index in [1.165, 1.54) is 23.1 Å². The van der Waals surface area contributed by atoms with Crippen molar-refractivity contribution in [3.8, 4) is 6.19 Å². The summed E-state index contributed by atoms with van der Waals surface area (Å²) in [5.74, 6) is -0.569. The van der Waals surface area contributed by atoms with Crippen LogP contribution in [0.2, 0.25) is 0 Å². The Kier molecular flexibility index (Phi) is 3.60. The number of nitrogens with one attached hydrogen (secondary N) is 1. The summed E-state index contributed by atoms with van der Waals surface area (Å²) in [7, 11) is 0. The highest BCUT2D eigenvalue weighted by Gasteiger charge is 2.30. The maximum absolute atomic E-state index is 14.1. The van der Waals surface area contributed by atoms with Gasteiger partial charge < -0.3 is 10.2 Å². The molecule has 0 unspecified atom stereocenters. The Morgan fingerprint density at radius 2 is 1.91 bits per heavy atom. The lowest BCUT2D eigenvalue weighted by molar-refractivity contribution is -0.137. The van der Waals surface area contributed by atoms with Crippen molar-refractivity contribution < 1.29 is 17.6 Å². The molecule has 1 N–H and O–H groups in total. The molecule has 0 fully saturated rings. The molecule has 0 saturated heterocycles. The molecule has 2 aromatic rings. The molecule has 1 aliphatic heterocycles. The highest BCUT2D eigenvalue weighted by Crippen LogP contribution is 2.35. The molecule has 0 radical (unpaired) electrons. The van der Waals surface area contributed by atoms with E-state index in [4.69, 9.17) is 5.26 Å². The molecule has 0 amide bonds. The maximum atomic E-state index is 14.1. The van der Waals surface area contributed by atoms with Crippen LogP contribution in [0.1, 0.15) is 16.7 Å². The van der Waals surface area contributed by atoms with Crippen LogP contribution in [0.15, 0.2) is 36.4 Å². The minimum atomic E-state index is -4.47. The first-order chi connectivity index (χ1) is 10.9. The number of benzene rings is 2. The minimum Gasteiger partial charge on any atom is -0.353 e. The van der Waals surface area contributed by atoms with Crippen LogP contribution < -0.4 is 5.32 Å². The maximum Gasteiger partial charge on any atom is 0.416 e. The van der Waals surface area contributed by atoms with Gasteiger partial charge in [0.2, 0.25) is 0 Å². The number of hydrogen-bond donors (Lipinski definition) is 1. The van der Waals surface area contributed by atoms with Gasteiger partial charge in [-0.25, -0.2) is 4.39 Å². The van der Waals surface area contributed by atoms with E-state index in [2.05, 4.69) is 5.32 Å². The van der Waals surface area contributed by atoms with Gasteiger partial charge in [0.05, 0.1) is 24.3 Å². The van der Waals surface area contributed by atoms with Crippen LogP contribution in [-0.2, 0) is 19.3 Å². The van der Waals surface area contributed by atoms with Crippen LogP contribution >= 0.6 is 0 Å². The SMILES string of the molecule is N#CN1Cc2ccc(F)c(Nc3cccc(C(F)(F)F)c3)c2C1. The number of hydrogen-bond acceptors (Lipinski definition) is 3. The fourth-order valence-electron chi connectivity index (χ4n) is 2.57. The van der Waals surface area contributed by atoms with E-state index in [0.29, 0.717) is 12.1 Å². The molecule has 1 heterocycles. The van der Waals surface area contributed by atoms with Gasteiger partial charge in [0.25, 0.3) is 0 Å². The van der Waals surface area contributed by atoms with Gasteiger partial charge in [-0.15, -0.1) is 0 Å². The van der Waals surface area contributed by atoms with Crippen LogP contribution in [0.4, 0.5) is 28.9 Å². The number of rotatable bonds is 2. The van der Waals surface area contributed by atoms with E-state index in [1.54, 1.807) is 6.07 Å². The lowest BCUT2D eigenvalue weighted by Gasteiger charge is -2.14. The van der Waals surface area contributed by atoms with Crippen LogP contribution in [0.3, 0.4) is 0 Å². The second-order valence-corrected chi connectivity index (χ2v) is 5.22. The standard InChI is InChI=1S/C16H11F4N3/c17-14-5-4-10-7-23(9-21)8-13(10)15(14)22-12-3-1-2-11(6-12)16(18,19)20/h1-6,22H,7-8H2. The summed E-state index contributed by atoms with van der Waals surface area (Å²) in [6.07, 6.45) is -2.48. The minimum absolute atomic E-state index is 0.111. The van der Waals surface area contributed by atoms with Crippen LogP contribution in [-0.4, -0.2) is 4.90 Å². The molecule has 0 atom stereocenters. The van der Waals surface area contributed by atoms with E-state index < -0.39 is 17.6 Å². The fraction of sp³-hybridized carbons (Fsp3) is 0.188. The van der Waals surface area contributed by atoms with Gasteiger partial charge in [0, 0.05) is 11.3 Å². The fourth-order valence-corrected chi connectivity index (χ4v) is 2.57. The molecule has 0 aliphatic carbocycles. The third-order valence-electron chi connectivity index (χ3n) is 3.67. The summed E-state index contributed by atoms with van der Waals surface area (Å²) < 4.78 is 52.4. The van der Waals surface area contributed by atoms with Gasteiger partial charge in [-0.2, -0.15) is 18.4 Å². The monoisotopic (exact) mass is 321 g/mol. The molecule has 0 bridgehead atoms. The third-order valence-corrected chi connectivity index (χ3v) is 3.67. The molecular formula is C16H11F4N3. The third kappa shape index (κ3) is 2.93. The largest absolute Gasteiger partial charge is 0.416 e. The van der Waals surface area contributed by atoms with Gasteiger partial charge in [0.15, 0.2) is 6.19 Å². The van der Waals surface area contributed by atoms with Crippen LogP contribution in [0.25, 0.3) is 0 Å². The van der Waals surface area contributed by atoms with E-state index in [1.807, 2.05) is 6.19 Å². The van der Waals surface area contributed by atoms with Crippen LogP contribution in [0, 0.1) is 17.3 Å².